The van der Waals surface area contributed by atoms with Crippen molar-refractivity contribution >= 4 is 5.82 Å². The smallest absolute Gasteiger partial charge is 0.293 e. The summed E-state index contributed by atoms with van der Waals surface area (Å²) in [4.78, 5) is 16.2. The second-order valence-electron chi connectivity index (χ2n) is 5.88. The fraction of sp³-hybridized carbons (Fsp3) is 0.733. The monoisotopic (exact) mass is 281 g/mol. The lowest BCUT2D eigenvalue weighted by molar-refractivity contribution is 0.110. The molecule has 1 aromatic heterocycles. The molecule has 0 saturated heterocycles. The van der Waals surface area contributed by atoms with Gasteiger partial charge in [-0.25, -0.2) is 4.98 Å². The molecule has 0 saturated carbocycles. The Morgan fingerprint density at radius 2 is 2.05 bits per heavy atom. The van der Waals surface area contributed by atoms with Crippen LogP contribution in [-0.4, -0.2) is 29.3 Å². The van der Waals surface area contributed by atoms with Crippen molar-refractivity contribution in [2.45, 2.75) is 40.7 Å². The Kier molecular flexibility index (Phi) is 7.30. The molecule has 1 aromatic rings. The predicted molar refractivity (Wildman–Crippen MR) is 82.1 cm³/mol. The maximum absolute atomic E-state index is 12.1. The lowest BCUT2D eigenvalue weighted by Gasteiger charge is -2.11. The van der Waals surface area contributed by atoms with Gasteiger partial charge >= 0.3 is 0 Å². The number of aromatic nitrogens is 2. The molecule has 0 aliphatic carbocycles. The number of nitrogens with one attached hydrogen (secondary N) is 1. The molecule has 1 heterocycles. The van der Waals surface area contributed by atoms with Gasteiger partial charge in [-0.15, -0.1) is 0 Å². The van der Waals surface area contributed by atoms with Crippen LogP contribution < -0.4 is 10.9 Å². The Bertz CT molecular complexity index is 441. The summed E-state index contributed by atoms with van der Waals surface area (Å²) in [6.07, 6.45) is 4.27. The maximum atomic E-state index is 12.1. The van der Waals surface area contributed by atoms with E-state index in [9.17, 15) is 4.79 Å². The Morgan fingerprint density at radius 3 is 2.70 bits per heavy atom. The van der Waals surface area contributed by atoms with E-state index in [1.54, 1.807) is 17.0 Å². The van der Waals surface area contributed by atoms with Crippen LogP contribution in [0.15, 0.2) is 17.2 Å². The number of rotatable bonds is 9. The molecule has 1 N–H and O–H groups in total. The van der Waals surface area contributed by atoms with Crippen LogP contribution in [0.25, 0.3) is 0 Å². The van der Waals surface area contributed by atoms with Gasteiger partial charge in [0.15, 0.2) is 5.82 Å². The Labute approximate surface area is 121 Å². The van der Waals surface area contributed by atoms with Crippen molar-refractivity contribution in [2.24, 2.45) is 11.8 Å². The Morgan fingerprint density at radius 1 is 1.30 bits per heavy atom. The van der Waals surface area contributed by atoms with E-state index in [1.165, 1.54) is 0 Å². The third kappa shape index (κ3) is 6.19. The van der Waals surface area contributed by atoms with E-state index >= 15 is 0 Å². The summed E-state index contributed by atoms with van der Waals surface area (Å²) in [5.41, 5.74) is -0.0516. The summed E-state index contributed by atoms with van der Waals surface area (Å²) in [6, 6.07) is 0. The highest BCUT2D eigenvalue weighted by Gasteiger charge is 2.05. The first-order chi connectivity index (χ1) is 9.50. The zero-order valence-electron chi connectivity index (χ0n) is 13.1. The van der Waals surface area contributed by atoms with E-state index in [1.807, 2.05) is 0 Å². The molecule has 5 heteroatoms. The lowest BCUT2D eigenvalue weighted by atomic mass is 10.2. The lowest BCUT2D eigenvalue weighted by Crippen LogP contribution is -2.26. The second kappa shape index (κ2) is 8.74. The highest BCUT2D eigenvalue weighted by atomic mass is 16.5. The molecule has 0 fully saturated rings. The van der Waals surface area contributed by atoms with Gasteiger partial charge in [-0.1, -0.05) is 27.7 Å². The highest BCUT2D eigenvalue weighted by Crippen LogP contribution is 1.99. The SMILES string of the molecule is CC(C)COCCCNc1nccn(CC(C)C)c1=O. The first-order valence-electron chi connectivity index (χ1n) is 7.37. The molecule has 20 heavy (non-hydrogen) atoms. The van der Waals surface area contributed by atoms with Crippen molar-refractivity contribution < 1.29 is 4.74 Å². The van der Waals surface area contributed by atoms with Crippen molar-refractivity contribution in [1.29, 1.82) is 0 Å². The standard InChI is InChI=1S/C15H27N3O2/c1-12(2)10-18-8-7-17-14(15(18)19)16-6-5-9-20-11-13(3)4/h7-8,12-13H,5-6,9-11H2,1-4H3,(H,16,17). The van der Waals surface area contributed by atoms with Gasteiger partial charge in [-0.2, -0.15) is 0 Å². The van der Waals surface area contributed by atoms with Gasteiger partial charge in [0.25, 0.3) is 5.56 Å². The number of ether oxygens (including phenoxy) is 1. The molecule has 1 rings (SSSR count). The van der Waals surface area contributed by atoms with Crippen LogP contribution in [0.2, 0.25) is 0 Å². The molecule has 0 aliphatic heterocycles. The molecular weight excluding hydrogens is 254 g/mol. The molecule has 0 radical (unpaired) electrons. The third-order valence-corrected chi connectivity index (χ3v) is 2.68. The average Bonchev–Trinajstić information content (AvgIpc) is 2.36. The quantitative estimate of drug-likeness (QED) is 0.706. The van der Waals surface area contributed by atoms with Gasteiger partial charge in [0.05, 0.1) is 0 Å². The summed E-state index contributed by atoms with van der Waals surface area (Å²) in [5, 5.41) is 3.09. The minimum atomic E-state index is -0.0516. The van der Waals surface area contributed by atoms with Gasteiger partial charge in [0.2, 0.25) is 0 Å². The van der Waals surface area contributed by atoms with Crippen LogP contribution in [0.3, 0.4) is 0 Å². The van der Waals surface area contributed by atoms with Crippen molar-refractivity contribution in [3.8, 4) is 0 Å². The zero-order chi connectivity index (χ0) is 15.0. The van der Waals surface area contributed by atoms with Crippen LogP contribution in [-0.2, 0) is 11.3 Å². The summed E-state index contributed by atoms with van der Waals surface area (Å²) < 4.78 is 7.20. The number of nitrogens with zero attached hydrogens (tertiary/aromatic N) is 2. The van der Waals surface area contributed by atoms with Gasteiger partial charge in [-0.05, 0) is 18.3 Å². The van der Waals surface area contributed by atoms with Gasteiger partial charge in [0, 0.05) is 38.7 Å². The van der Waals surface area contributed by atoms with E-state index in [0.717, 1.165) is 13.0 Å². The number of hydrogen-bond donors (Lipinski definition) is 1. The van der Waals surface area contributed by atoms with Crippen LogP contribution in [0, 0.1) is 11.8 Å². The number of hydrogen-bond acceptors (Lipinski definition) is 4. The van der Waals surface area contributed by atoms with E-state index in [4.69, 9.17) is 4.74 Å². The fourth-order valence-electron chi connectivity index (χ4n) is 1.81. The van der Waals surface area contributed by atoms with Crippen LogP contribution in [0.4, 0.5) is 5.82 Å². The molecule has 0 amide bonds. The van der Waals surface area contributed by atoms with Crippen LogP contribution in [0.1, 0.15) is 34.1 Å². The van der Waals surface area contributed by atoms with E-state index in [2.05, 4.69) is 38.0 Å². The molecule has 0 aromatic carbocycles. The number of anilines is 1. The Hall–Kier alpha value is -1.36. The van der Waals surface area contributed by atoms with Crippen molar-refractivity contribution in [3.63, 3.8) is 0 Å². The average molecular weight is 281 g/mol. The minimum Gasteiger partial charge on any atom is -0.381 e. The third-order valence-electron chi connectivity index (χ3n) is 2.68. The van der Waals surface area contributed by atoms with Crippen LogP contribution >= 0.6 is 0 Å². The summed E-state index contributed by atoms with van der Waals surface area (Å²) in [6.45, 7) is 11.3. The van der Waals surface area contributed by atoms with E-state index < -0.39 is 0 Å². The van der Waals surface area contributed by atoms with Crippen molar-refractivity contribution in [1.82, 2.24) is 9.55 Å². The summed E-state index contributed by atoms with van der Waals surface area (Å²) in [7, 11) is 0. The predicted octanol–water partition coefficient (Wildman–Crippen LogP) is 2.37. The first-order valence-corrected chi connectivity index (χ1v) is 7.37. The minimum absolute atomic E-state index is 0.0516. The molecule has 0 unspecified atom stereocenters. The molecular formula is C15H27N3O2. The molecule has 114 valence electrons. The normalized spacial score (nSPS) is 11.3. The highest BCUT2D eigenvalue weighted by molar-refractivity contribution is 5.30. The zero-order valence-corrected chi connectivity index (χ0v) is 13.1. The van der Waals surface area contributed by atoms with Gasteiger partial charge < -0.3 is 14.6 Å². The summed E-state index contributed by atoms with van der Waals surface area (Å²) in [5.74, 6) is 1.42. The van der Waals surface area contributed by atoms with E-state index in [-0.39, 0.29) is 5.56 Å². The molecule has 0 atom stereocenters. The topological polar surface area (TPSA) is 56.1 Å². The molecule has 0 spiro atoms. The second-order valence-corrected chi connectivity index (χ2v) is 5.88. The van der Waals surface area contributed by atoms with Crippen LogP contribution in [0.5, 0.6) is 0 Å². The molecule has 0 aliphatic rings. The van der Waals surface area contributed by atoms with E-state index in [0.29, 0.717) is 37.4 Å². The van der Waals surface area contributed by atoms with Crippen molar-refractivity contribution in [2.75, 3.05) is 25.1 Å². The fourth-order valence-corrected chi connectivity index (χ4v) is 1.81. The summed E-state index contributed by atoms with van der Waals surface area (Å²) >= 11 is 0. The largest absolute Gasteiger partial charge is 0.381 e. The van der Waals surface area contributed by atoms with Gasteiger partial charge in [0.1, 0.15) is 0 Å². The first kappa shape index (κ1) is 16.7. The van der Waals surface area contributed by atoms with Gasteiger partial charge in [-0.3, -0.25) is 4.79 Å². The maximum Gasteiger partial charge on any atom is 0.293 e. The molecule has 0 bridgehead atoms. The van der Waals surface area contributed by atoms with Crippen molar-refractivity contribution in [3.05, 3.63) is 22.7 Å². The Balaban J connectivity index is 2.39. The molecule has 5 nitrogen and oxygen atoms in total.